The topological polar surface area (TPSA) is 109 Å². The third-order valence-corrected chi connectivity index (χ3v) is 3.98. The minimum Gasteiger partial charge on any atom is -0.462 e. The standard InChI is InChI=1S/C16H18O7/c1-7-5-12(17)23-11-6-9(3-4-10(7)11)22-16-15(20)14(19)13(18)8(2)21-16/h3-6,8,13-16,18-20H,1-2H3/t8-,13+,14-,15-,16+/m0/s1. The number of aliphatic hydroxyl groups excluding tert-OH is 3. The Morgan fingerprint density at radius 2 is 1.83 bits per heavy atom. The zero-order chi connectivity index (χ0) is 16.7. The van der Waals surface area contributed by atoms with E-state index in [1.54, 1.807) is 26.0 Å². The Hall–Kier alpha value is -1.93. The van der Waals surface area contributed by atoms with E-state index in [1.807, 2.05) is 0 Å². The summed E-state index contributed by atoms with van der Waals surface area (Å²) in [6, 6.07) is 6.29. The van der Waals surface area contributed by atoms with E-state index in [-0.39, 0.29) is 0 Å². The number of aliphatic hydroxyl groups is 3. The third-order valence-electron chi connectivity index (χ3n) is 3.98. The van der Waals surface area contributed by atoms with Gasteiger partial charge in [0.15, 0.2) is 0 Å². The number of hydrogen-bond donors (Lipinski definition) is 3. The van der Waals surface area contributed by atoms with Crippen molar-refractivity contribution in [2.45, 2.75) is 44.6 Å². The average Bonchev–Trinajstić information content (AvgIpc) is 2.50. The minimum atomic E-state index is -1.40. The van der Waals surface area contributed by atoms with Gasteiger partial charge in [0.2, 0.25) is 6.29 Å². The lowest BCUT2D eigenvalue weighted by molar-refractivity contribution is -0.268. The molecule has 5 atom stereocenters. The molecule has 0 aliphatic carbocycles. The molecule has 1 aliphatic heterocycles. The predicted octanol–water partition coefficient (Wildman–Crippen LogP) is 0.308. The summed E-state index contributed by atoms with van der Waals surface area (Å²) >= 11 is 0. The number of ether oxygens (including phenoxy) is 2. The molecule has 1 aliphatic rings. The number of hydrogen-bond acceptors (Lipinski definition) is 7. The molecule has 124 valence electrons. The molecule has 7 nitrogen and oxygen atoms in total. The lowest BCUT2D eigenvalue weighted by Crippen LogP contribution is -2.58. The van der Waals surface area contributed by atoms with E-state index in [0.717, 1.165) is 10.9 Å². The SMILES string of the molecule is Cc1cc(=O)oc2cc(O[C@H]3O[C@@H](C)[C@@H](O)[C@H](O)[C@@H]3O)ccc12. The molecule has 0 saturated carbocycles. The van der Waals surface area contributed by atoms with Crippen LogP contribution in [-0.4, -0.2) is 46.0 Å². The Balaban J connectivity index is 1.88. The van der Waals surface area contributed by atoms with Gasteiger partial charge in [-0.1, -0.05) is 0 Å². The summed E-state index contributed by atoms with van der Waals surface area (Å²) in [6.07, 6.45) is -5.80. The van der Waals surface area contributed by atoms with Gasteiger partial charge in [0.25, 0.3) is 0 Å². The Bertz CT molecular complexity index is 769. The molecule has 0 amide bonds. The quantitative estimate of drug-likeness (QED) is 0.683. The summed E-state index contributed by atoms with van der Waals surface area (Å²) in [5.74, 6) is 0.311. The molecule has 3 N–H and O–H groups in total. The molecule has 1 saturated heterocycles. The van der Waals surface area contributed by atoms with Crippen LogP contribution in [0.25, 0.3) is 11.0 Å². The third kappa shape index (κ3) is 2.96. The first kappa shape index (κ1) is 15.9. The summed E-state index contributed by atoms with van der Waals surface area (Å²) in [5.41, 5.74) is 0.670. The lowest BCUT2D eigenvalue weighted by Gasteiger charge is -2.38. The van der Waals surface area contributed by atoms with Gasteiger partial charge < -0.3 is 29.2 Å². The number of aryl methyl sites for hydroxylation is 1. The maximum Gasteiger partial charge on any atom is 0.336 e. The van der Waals surface area contributed by atoms with Crippen LogP contribution in [0.4, 0.5) is 0 Å². The van der Waals surface area contributed by atoms with Crippen LogP contribution < -0.4 is 10.4 Å². The van der Waals surface area contributed by atoms with E-state index in [4.69, 9.17) is 13.9 Å². The number of rotatable bonds is 2. The van der Waals surface area contributed by atoms with Crippen LogP contribution in [-0.2, 0) is 4.74 Å². The molecule has 0 spiro atoms. The average molecular weight is 322 g/mol. The van der Waals surface area contributed by atoms with Crippen LogP contribution in [0.5, 0.6) is 5.75 Å². The van der Waals surface area contributed by atoms with Gasteiger partial charge in [-0.25, -0.2) is 4.79 Å². The van der Waals surface area contributed by atoms with Crippen molar-refractivity contribution < 1.29 is 29.2 Å². The van der Waals surface area contributed by atoms with Gasteiger partial charge >= 0.3 is 5.63 Å². The van der Waals surface area contributed by atoms with Crippen molar-refractivity contribution in [3.05, 3.63) is 40.2 Å². The van der Waals surface area contributed by atoms with Crippen LogP contribution in [0.3, 0.4) is 0 Å². The summed E-state index contributed by atoms with van der Waals surface area (Å²) < 4.78 is 16.0. The van der Waals surface area contributed by atoms with Crippen molar-refractivity contribution in [3.8, 4) is 5.75 Å². The largest absolute Gasteiger partial charge is 0.462 e. The first-order valence-electron chi connectivity index (χ1n) is 7.27. The van der Waals surface area contributed by atoms with Crippen LogP contribution in [0.2, 0.25) is 0 Å². The monoisotopic (exact) mass is 322 g/mol. The maximum absolute atomic E-state index is 11.4. The highest BCUT2D eigenvalue weighted by atomic mass is 16.7. The second kappa shape index (κ2) is 5.93. The van der Waals surface area contributed by atoms with E-state index < -0.39 is 36.3 Å². The fourth-order valence-corrected chi connectivity index (χ4v) is 2.62. The zero-order valence-electron chi connectivity index (χ0n) is 12.7. The zero-order valence-corrected chi connectivity index (χ0v) is 12.7. The Morgan fingerprint density at radius 1 is 1.09 bits per heavy atom. The molecule has 0 bridgehead atoms. The fraction of sp³-hybridized carbons (Fsp3) is 0.438. The van der Waals surface area contributed by atoms with Gasteiger partial charge in [0, 0.05) is 17.5 Å². The van der Waals surface area contributed by atoms with Crippen LogP contribution in [0.15, 0.2) is 33.5 Å². The molecule has 3 rings (SSSR count). The highest BCUT2D eigenvalue weighted by Gasteiger charge is 2.43. The van der Waals surface area contributed by atoms with Crippen LogP contribution >= 0.6 is 0 Å². The van der Waals surface area contributed by atoms with Crippen molar-refractivity contribution in [3.63, 3.8) is 0 Å². The van der Waals surface area contributed by atoms with Gasteiger partial charge in [-0.15, -0.1) is 0 Å². The molecule has 7 heteroatoms. The number of benzene rings is 1. The molecule has 2 aromatic rings. The molecule has 0 radical (unpaired) electrons. The molecular weight excluding hydrogens is 304 g/mol. The van der Waals surface area contributed by atoms with Gasteiger partial charge in [-0.3, -0.25) is 0 Å². The van der Waals surface area contributed by atoms with Gasteiger partial charge in [-0.2, -0.15) is 0 Å². The maximum atomic E-state index is 11.4. The van der Waals surface area contributed by atoms with Crippen molar-refractivity contribution in [1.82, 2.24) is 0 Å². The molecule has 2 heterocycles. The first-order valence-corrected chi connectivity index (χ1v) is 7.27. The molecule has 1 aromatic heterocycles. The minimum absolute atomic E-state index is 0.311. The molecule has 23 heavy (non-hydrogen) atoms. The van der Waals surface area contributed by atoms with Gasteiger partial charge in [0.1, 0.15) is 29.6 Å². The Kier molecular flexibility index (Phi) is 4.11. The molecule has 1 aromatic carbocycles. The molecular formula is C16H18O7. The van der Waals surface area contributed by atoms with Crippen molar-refractivity contribution >= 4 is 11.0 Å². The predicted molar refractivity (Wildman–Crippen MR) is 80.2 cm³/mol. The summed E-state index contributed by atoms with van der Waals surface area (Å²) in [7, 11) is 0. The highest BCUT2D eigenvalue weighted by Crippen LogP contribution is 2.27. The second-order valence-corrected chi connectivity index (χ2v) is 5.71. The summed E-state index contributed by atoms with van der Waals surface area (Å²) in [6.45, 7) is 3.37. The van der Waals surface area contributed by atoms with E-state index in [0.29, 0.717) is 11.3 Å². The first-order chi connectivity index (χ1) is 10.9. The van der Waals surface area contributed by atoms with E-state index in [9.17, 15) is 20.1 Å². The van der Waals surface area contributed by atoms with Crippen molar-refractivity contribution in [2.24, 2.45) is 0 Å². The Labute approximate surface area is 131 Å². The second-order valence-electron chi connectivity index (χ2n) is 5.71. The Morgan fingerprint density at radius 3 is 2.57 bits per heavy atom. The van der Waals surface area contributed by atoms with Gasteiger partial charge in [-0.05, 0) is 31.5 Å². The lowest BCUT2D eigenvalue weighted by atomic mass is 10.00. The summed E-state index contributed by atoms with van der Waals surface area (Å²) in [4.78, 5) is 11.4. The van der Waals surface area contributed by atoms with Gasteiger partial charge in [0.05, 0.1) is 6.10 Å². The van der Waals surface area contributed by atoms with Crippen LogP contribution in [0, 0.1) is 6.92 Å². The van der Waals surface area contributed by atoms with E-state index in [2.05, 4.69) is 0 Å². The van der Waals surface area contributed by atoms with E-state index >= 15 is 0 Å². The summed E-state index contributed by atoms with van der Waals surface area (Å²) in [5, 5.41) is 30.2. The van der Waals surface area contributed by atoms with Crippen molar-refractivity contribution in [1.29, 1.82) is 0 Å². The van der Waals surface area contributed by atoms with Crippen molar-refractivity contribution in [2.75, 3.05) is 0 Å². The molecule has 0 unspecified atom stereocenters. The number of fused-ring (bicyclic) bond motifs is 1. The van der Waals surface area contributed by atoms with Crippen LogP contribution in [0.1, 0.15) is 12.5 Å². The smallest absolute Gasteiger partial charge is 0.336 e. The normalized spacial score (nSPS) is 31.3. The molecule has 1 fully saturated rings. The van der Waals surface area contributed by atoms with E-state index in [1.165, 1.54) is 12.1 Å². The fourth-order valence-electron chi connectivity index (χ4n) is 2.62. The highest BCUT2D eigenvalue weighted by molar-refractivity contribution is 5.81.